The van der Waals surface area contributed by atoms with Crippen LogP contribution in [0.3, 0.4) is 0 Å². The summed E-state index contributed by atoms with van der Waals surface area (Å²) >= 11 is 0. The first-order chi connectivity index (χ1) is 20.2. The first-order valence-corrected chi connectivity index (χ1v) is 14.1. The highest BCUT2D eigenvalue weighted by molar-refractivity contribution is 5.95. The summed E-state index contributed by atoms with van der Waals surface area (Å²) in [6.07, 6.45) is 4.27. The molecular weight excluding hydrogens is 514 g/mol. The smallest absolute Gasteiger partial charge is 0.223 e. The molecule has 41 heavy (non-hydrogen) atoms. The molecule has 0 spiro atoms. The van der Waals surface area contributed by atoms with Crippen molar-refractivity contribution in [1.29, 1.82) is 0 Å². The van der Waals surface area contributed by atoms with Gasteiger partial charge >= 0.3 is 0 Å². The lowest BCUT2D eigenvalue weighted by molar-refractivity contribution is 0.228. The molecule has 10 nitrogen and oxygen atoms in total. The van der Waals surface area contributed by atoms with Gasteiger partial charge in [-0.15, -0.1) is 5.10 Å². The zero-order chi connectivity index (χ0) is 27.8. The first kappa shape index (κ1) is 25.4. The highest BCUT2D eigenvalue weighted by atomic mass is 16.5. The fraction of sp³-hybridized carbons (Fsp3) is 0.290. The Morgan fingerprint density at radius 3 is 2.61 bits per heavy atom. The van der Waals surface area contributed by atoms with Crippen LogP contribution in [-0.4, -0.2) is 67.1 Å². The number of piperazine rings is 1. The van der Waals surface area contributed by atoms with Gasteiger partial charge in [0.15, 0.2) is 17.2 Å². The van der Waals surface area contributed by atoms with Crippen molar-refractivity contribution >= 4 is 28.3 Å². The van der Waals surface area contributed by atoms with Crippen LogP contribution in [0.15, 0.2) is 73.6 Å². The van der Waals surface area contributed by atoms with Gasteiger partial charge in [-0.05, 0) is 47.4 Å². The molecule has 1 saturated heterocycles. The zero-order valence-corrected chi connectivity index (χ0v) is 23.0. The Morgan fingerprint density at radius 1 is 0.902 bits per heavy atom. The average Bonchev–Trinajstić information content (AvgIpc) is 3.44. The van der Waals surface area contributed by atoms with E-state index < -0.39 is 0 Å². The quantitative estimate of drug-likeness (QED) is 0.306. The Labute approximate surface area is 238 Å². The Morgan fingerprint density at radius 2 is 1.78 bits per heavy atom. The first-order valence-electron chi connectivity index (χ1n) is 14.1. The molecule has 0 saturated carbocycles. The van der Waals surface area contributed by atoms with E-state index in [0.29, 0.717) is 23.5 Å². The Hall–Kier alpha value is -4.54. The summed E-state index contributed by atoms with van der Waals surface area (Å²) in [4.78, 5) is 21.3. The molecule has 5 aromatic rings. The van der Waals surface area contributed by atoms with Crippen molar-refractivity contribution in [3.63, 3.8) is 0 Å². The minimum atomic E-state index is 0.279. The summed E-state index contributed by atoms with van der Waals surface area (Å²) in [7, 11) is 0. The molecular formula is C31H33N9O. The molecule has 0 aliphatic carbocycles. The molecule has 3 aromatic heterocycles. The second-order valence-electron chi connectivity index (χ2n) is 10.6. The van der Waals surface area contributed by atoms with E-state index in [1.54, 1.807) is 4.52 Å². The number of fused-ring (bicyclic) bond motifs is 4. The van der Waals surface area contributed by atoms with Gasteiger partial charge in [0.25, 0.3) is 0 Å². The number of pyridine rings is 1. The summed E-state index contributed by atoms with van der Waals surface area (Å²) in [6, 6.07) is 18.6. The zero-order valence-electron chi connectivity index (χ0n) is 23.0. The van der Waals surface area contributed by atoms with Crippen molar-refractivity contribution in [2.24, 2.45) is 0 Å². The molecule has 5 heterocycles. The molecule has 0 amide bonds. The van der Waals surface area contributed by atoms with E-state index in [1.165, 1.54) is 23.0 Å². The molecule has 0 unspecified atom stereocenters. The summed E-state index contributed by atoms with van der Waals surface area (Å²) in [6.45, 7) is 11.1. The summed E-state index contributed by atoms with van der Waals surface area (Å²) < 4.78 is 7.18. The van der Waals surface area contributed by atoms with Crippen molar-refractivity contribution in [1.82, 2.24) is 34.4 Å². The van der Waals surface area contributed by atoms with Gasteiger partial charge in [-0.1, -0.05) is 36.9 Å². The van der Waals surface area contributed by atoms with Crippen molar-refractivity contribution in [3.8, 4) is 5.75 Å². The number of hydrogen-bond donors (Lipinski definition) is 1. The predicted molar refractivity (Wildman–Crippen MR) is 160 cm³/mol. The maximum atomic E-state index is 6.29. The maximum Gasteiger partial charge on any atom is 0.223 e. The Bertz CT molecular complexity index is 1710. The van der Waals surface area contributed by atoms with E-state index in [2.05, 4.69) is 61.6 Å². The molecule has 2 N–H and O–H groups in total. The highest BCUT2D eigenvalue weighted by Crippen LogP contribution is 2.29. The van der Waals surface area contributed by atoms with Gasteiger partial charge in [0.05, 0.1) is 12.8 Å². The van der Waals surface area contributed by atoms with Crippen molar-refractivity contribution in [2.45, 2.75) is 26.1 Å². The molecule has 2 aromatic carbocycles. The van der Waals surface area contributed by atoms with E-state index in [0.717, 1.165) is 69.3 Å². The lowest BCUT2D eigenvalue weighted by Gasteiger charge is -2.36. The normalized spacial score (nSPS) is 16.2. The fourth-order valence-electron chi connectivity index (χ4n) is 6.03. The second kappa shape index (κ2) is 10.8. The van der Waals surface area contributed by atoms with Crippen LogP contribution in [0.4, 0.5) is 11.8 Å². The number of benzene rings is 2. The number of nitrogen functional groups attached to an aromatic ring is 1. The van der Waals surface area contributed by atoms with Crippen LogP contribution in [0.5, 0.6) is 5.75 Å². The van der Waals surface area contributed by atoms with E-state index >= 15 is 0 Å². The SMILES string of the molecule is C=COc1cccc2c1nc(N)n1nc(CN3CCc4cccc(CN5CCN(c6ccccn6)CC5)c4C3)nc21. The molecule has 208 valence electrons. The van der Waals surface area contributed by atoms with Crippen LogP contribution in [0, 0.1) is 0 Å². The lowest BCUT2D eigenvalue weighted by atomic mass is 9.94. The number of rotatable bonds is 7. The molecule has 1 fully saturated rings. The van der Waals surface area contributed by atoms with Gasteiger partial charge in [-0.2, -0.15) is 4.52 Å². The Balaban J connectivity index is 1.07. The number of ether oxygens (including phenoxy) is 1. The standard InChI is InChI=1S/C31H33N9O/c1-2-41-26-10-6-9-24-29(26)35-31(32)40-30(24)34-27(36-40)21-38-14-12-22-7-5-8-23(25(22)20-38)19-37-15-17-39(18-16-37)28-11-3-4-13-33-28/h2-11,13H,1,12,14-21H2,(H2,32,35). The van der Waals surface area contributed by atoms with Crippen molar-refractivity contribution in [3.05, 3.63) is 96.1 Å². The molecule has 0 atom stereocenters. The van der Waals surface area contributed by atoms with E-state index in [4.69, 9.17) is 20.6 Å². The van der Waals surface area contributed by atoms with Crippen LogP contribution >= 0.6 is 0 Å². The molecule has 0 bridgehead atoms. The number of hydrogen-bond acceptors (Lipinski definition) is 9. The van der Waals surface area contributed by atoms with Gasteiger partial charge in [-0.25, -0.2) is 15.0 Å². The molecule has 0 radical (unpaired) electrons. The monoisotopic (exact) mass is 547 g/mol. The Kier molecular flexibility index (Phi) is 6.69. The summed E-state index contributed by atoms with van der Waals surface area (Å²) in [5.41, 5.74) is 11.9. The minimum absolute atomic E-state index is 0.279. The van der Waals surface area contributed by atoms with E-state index in [1.807, 2.05) is 30.5 Å². The second-order valence-corrected chi connectivity index (χ2v) is 10.6. The minimum Gasteiger partial charge on any atom is -0.463 e. The summed E-state index contributed by atoms with van der Waals surface area (Å²) in [5, 5.41) is 5.57. The number of nitrogens with zero attached hydrogens (tertiary/aromatic N) is 8. The lowest BCUT2D eigenvalue weighted by Crippen LogP contribution is -2.46. The van der Waals surface area contributed by atoms with Crippen LogP contribution in [-0.2, 0) is 26.1 Å². The van der Waals surface area contributed by atoms with Gasteiger partial charge in [0.2, 0.25) is 5.95 Å². The van der Waals surface area contributed by atoms with E-state index in [-0.39, 0.29) is 5.95 Å². The van der Waals surface area contributed by atoms with Gasteiger partial charge in [0.1, 0.15) is 11.3 Å². The number of nitrogens with two attached hydrogens (primary N) is 1. The maximum absolute atomic E-state index is 6.29. The third kappa shape index (κ3) is 4.96. The summed E-state index contributed by atoms with van der Waals surface area (Å²) in [5.74, 6) is 2.67. The fourth-order valence-corrected chi connectivity index (χ4v) is 6.03. The third-order valence-electron chi connectivity index (χ3n) is 8.10. The van der Waals surface area contributed by atoms with Crippen LogP contribution in [0.25, 0.3) is 16.6 Å². The highest BCUT2D eigenvalue weighted by Gasteiger charge is 2.24. The largest absolute Gasteiger partial charge is 0.463 e. The number of anilines is 2. The molecule has 2 aliphatic rings. The molecule has 7 rings (SSSR count). The number of aromatic nitrogens is 5. The van der Waals surface area contributed by atoms with Gasteiger partial charge in [0, 0.05) is 57.4 Å². The molecule has 2 aliphatic heterocycles. The molecule has 10 heteroatoms. The predicted octanol–water partition coefficient (Wildman–Crippen LogP) is 3.66. The van der Waals surface area contributed by atoms with Gasteiger partial charge < -0.3 is 15.4 Å². The van der Waals surface area contributed by atoms with Crippen LogP contribution in [0.1, 0.15) is 22.5 Å². The van der Waals surface area contributed by atoms with Crippen molar-refractivity contribution in [2.75, 3.05) is 43.4 Å². The van der Waals surface area contributed by atoms with Crippen LogP contribution < -0.4 is 15.4 Å². The average molecular weight is 548 g/mol. The van der Waals surface area contributed by atoms with E-state index in [9.17, 15) is 0 Å². The number of para-hydroxylation sites is 1. The third-order valence-corrected chi connectivity index (χ3v) is 8.10. The van der Waals surface area contributed by atoms with Crippen molar-refractivity contribution < 1.29 is 4.74 Å². The van der Waals surface area contributed by atoms with Crippen LogP contribution in [0.2, 0.25) is 0 Å². The topological polar surface area (TPSA) is 101 Å². The van der Waals surface area contributed by atoms with Gasteiger partial charge in [-0.3, -0.25) is 9.80 Å².